The van der Waals surface area contributed by atoms with Crippen molar-refractivity contribution in [2.45, 2.75) is 22.6 Å². The van der Waals surface area contributed by atoms with Crippen molar-refractivity contribution in [1.82, 2.24) is 15.2 Å². The number of nitrogens with one attached hydrogen (secondary N) is 1. The standard InChI is InChI=1S/C18H13ClN4O2S3/c1-10-14(22-17(25-10)11-4-5-26-8-11)7-16(24)21-12-2-3-15(13(19)6-12)28-18-23-20-9-27-18/h2-6,8-9H,7H2,1H3,(H,21,24). The summed E-state index contributed by atoms with van der Waals surface area (Å²) >= 11 is 10.8. The first-order chi connectivity index (χ1) is 13.6. The molecule has 10 heteroatoms. The second kappa shape index (κ2) is 8.44. The van der Waals surface area contributed by atoms with Gasteiger partial charge in [0.1, 0.15) is 11.3 Å². The van der Waals surface area contributed by atoms with Crippen LogP contribution in [0, 0.1) is 6.92 Å². The van der Waals surface area contributed by atoms with Gasteiger partial charge in [-0.2, -0.15) is 11.3 Å². The van der Waals surface area contributed by atoms with Crippen LogP contribution in [-0.2, 0) is 11.2 Å². The first-order valence-corrected chi connectivity index (χ1v) is 11.1. The van der Waals surface area contributed by atoms with Crippen LogP contribution >= 0.6 is 46.0 Å². The van der Waals surface area contributed by atoms with Gasteiger partial charge in [-0.05, 0) is 36.6 Å². The molecule has 6 nitrogen and oxygen atoms in total. The fraction of sp³-hybridized carbons (Fsp3) is 0.111. The van der Waals surface area contributed by atoms with Crippen LogP contribution in [0.2, 0.25) is 5.02 Å². The number of thiophene rings is 1. The number of hydrogen-bond acceptors (Lipinski definition) is 8. The molecule has 1 aromatic carbocycles. The van der Waals surface area contributed by atoms with E-state index in [1.165, 1.54) is 23.1 Å². The van der Waals surface area contributed by atoms with E-state index >= 15 is 0 Å². The molecule has 3 aromatic heterocycles. The molecular weight excluding hydrogens is 436 g/mol. The van der Waals surface area contributed by atoms with Gasteiger partial charge in [-0.15, -0.1) is 10.2 Å². The maximum Gasteiger partial charge on any atom is 0.230 e. The monoisotopic (exact) mass is 448 g/mol. The minimum Gasteiger partial charge on any atom is -0.441 e. The van der Waals surface area contributed by atoms with Crippen molar-refractivity contribution in [1.29, 1.82) is 0 Å². The third kappa shape index (κ3) is 4.44. The molecule has 0 spiro atoms. The smallest absolute Gasteiger partial charge is 0.230 e. The van der Waals surface area contributed by atoms with Crippen molar-refractivity contribution in [3.8, 4) is 11.5 Å². The first kappa shape index (κ1) is 19.1. The van der Waals surface area contributed by atoms with Gasteiger partial charge in [-0.25, -0.2) is 4.98 Å². The van der Waals surface area contributed by atoms with Gasteiger partial charge in [0.15, 0.2) is 4.34 Å². The Bertz CT molecular complexity index is 1090. The van der Waals surface area contributed by atoms with Crippen molar-refractivity contribution in [3.05, 3.63) is 57.0 Å². The number of halogens is 1. The van der Waals surface area contributed by atoms with E-state index in [-0.39, 0.29) is 12.3 Å². The summed E-state index contributed by atoms with van der Waals surface area (Å²) in [7, 11) is 0. The maximum atomic E-state index is 12.4. The van der Waals surface area contributed by atoms with E-state index in [2.05, 4.69) is 20.5 Å². The van der Waals surface area contributed by atoms with Crippen LogP contribution in [-0.4, -0.2) is 21.1 Å². The molecule has 0 saturated carbocycles. The summed E-state index contributed by atoms with van der Waals surface area (Å²) in [6, 6.07) is 7.30. The van der Waals surface area contributed by atoms with Crippen LogP contribution in [0.3, 0.4) is 0 Å². The predicted molar refractivity (Wildman–Crippen MR) is 112 cm³/mol. The molecule has 0 fully saturated rings. The number of benzene rings is 1. The quantitative estimate of drug-likeness (QED) is 0.416. The molecule has 0 bridgehead atoms. The van der Waals surface area contributed by atoms with Crippen LogP contribution < -0.4 is 5.32 Å². The minimum absolute atomic E-state index is 0.123. The van der Waals surface area contributed by atoms with Gasteiger partial charge in [0.25, 0.3) is 0 Å². The molecule has 0 unspecified atom stereocenters. The summed E-state index contributed by atoms with van der Waals surface area (Å²) in [5, 5.41) is 15.1. The van der Waals surface area contributed by atoms with Gasteiger partial charge in [0, 0.05) is 21.5 Å². The third-order valence-electron chi connectivity index (χ3n) is 3.74. The molecule has 28 heavy (non-hydrogen) atoms. The van der Waals surface area contributed by atoms with Gasteiger partial charge in [-0.3, -0.25) is 4.79 Å². The molecule has 0 aliphatic heterocycles. The van der Waals surface area contributed by atoms with E-state index in [9.17, 15) is 4.79 Å². The maximum absolute atomic E-state index is 12.4. The zero-order chi connectivity index (χ0) is 19.5. The van der Waals surface area contributed by atoms with E-state index in [1.54, 1.807) is 29.0 Å². The van der Waals surface area contributed by atoms with Gasteiger partial charge >= 0.3 is 0 Å². The van der Waals surface area contributed by atoms with Crippen LogP contribution in [0.4, 0.5) is 5.69 Å². The second-order valence-electron chi connectivity index (χ2n) is 5.71. The van der Waals surface area contributed by atoms with Gasteiger partial charge < -0.3 is 9.73 Å². The third-order valence-corrected chi connectivity index (χ3v) is 6.70. The van der Waals surface area contributed by atoms with Crippen molar-refractivity contribution in [2.75, 3.05) is 5.32 Å². The molecule has 1 N–H and O–H groups in total. The highest BCUT2D eigenvalue weighted by molar-refractivity contribution is 8.01. The number of aromatic nitrogens is 3. The van der Waals surface area contributed by atoms with Crippen LogP contribution in [0.15, 0.2) is 54.2 Å². The lowest BCUT2D eigenvalue weighted by Crippen LogP contribution is -2.15. The number of oxazole rings is 1. The summed E-state index contributed by atoms with van der Waals surface area (Å²) in [5.41, 5.74) is 3.82. The molecule has 142 valence electrons. The summed E-state index contributed by atoms with van der Waals surface area (Å²) in [6.07, 6.45) is 0.123. The lowest BCUT2D eigenvalue weighted by Gasteiger charge is -2.07. The Labute approximate surface area is 178 Å². The van der Waals surface area contributed by atoms with E-state index in [0.29, 0.717) is 28.1 Å². The average Bonchev–Trinajstić information content (AvgIpc) is 3.40. The molecule has 0 atom stereocenters. The molecular formula is C18H13ClN4O2S3. The summed E-state index contributed by atoms with van der Waals surface area (Å²) in [5.74, 6) is 0.981. The lowest BCUT2D eigenvalue weighted by molar-refractivity contribution is -0.115. The summed E-state index contributed by atoms with van der Waals surface area (Å²) in [4.78, 5) is 17.7. The van der Waals surface area contributed by atoms with E-state index in [1.807, 2.05) is 29.8 Å². The topological polar surface area (TPSA) is 80.9 Å². The Balaban J connectivity index is 1.42. The number of amides is 1. The summed E-state index contributed by atoms with van der Waals surface area (Å²) < 4.78 is 6.48. The van der Waals surface area contributed by atoms with Gasteiger partial charge in [-0.1, -0.05) is 34.7 Å². The number of anilines is 1. The zero-order valence-corrected chi connectivity index (χ0v) is 17.7. The Hall–Kier alpha value is -2.20. The van der Waals surface area contributed by atoms with E-state index in [4.69, 9.17) is 16.0 Å². The van der Waals surface area contributed by atoms with Gasteiger partial charge in [0.2, 0.25) is 11.8 Å². The van der Waals surface area contributed by atoms with Crippen molar-refractivity contribution >= 4 is 57.6 Å². The Morgan fingerprint density at radius 1 is 1.36 bits per heavy atom. The largest absolute Gasteiger partial charge is 0.441 e. The Kier molecular flexibility index (Phi) is 5.77. The fourth-order valence-electron chi connectivity index (χ4n) is 2.42. The number of hydrogen-bond donors (Lipinski definition) is 1. The van der Waals surface area contributed by atoms with Crippen molar-refractivity contribution < 1.29 is 9.21 Å². The number of nitrogens with zero attached hydrogens (tertiary/aromatic N) is 3. The highest BCUT2D eigenvalue weighted by atomic mass is 35.5. The predicted octanol–water partition coefficient (Wildman–Crippen LogP) is 5.55. The molecule has 3 heterocycles. The van der Waals surface area contributed by atoms with Crippen LogP contribution in [0.1, 0.15) is 11.5 Å². The van der Waals surface area contributed by atoms with Crippen LogP contribution in [0.25, 0.3) is 11.5 Å². The molecule has 1 amide bonds. The highest BCUT2D eigenvalue weighted by Gasteiger charge is 2.15. The minimum atomic E-state index is -0.186. The zero-order valence-electron chi connectivity index (χ0n) is 14.5. The van der Waals surface area contributed by atoms with E-state index < -0.39 is 0 Å². The lowest BCUT2D eigenvalue weighted by atomic mass is 10.2. The highest BCUT2D eigenvalue weighted by Crippen LogP contribution is 2.35. The van der Waals surface area contributed by atoms with Crippen molar-refractivity contribution in [2.24, 2.45) is 0 Å². The SMILES string of the molecule is Cc1oc(-c2ccsc2)nc1CC(=O)Nc1ccc(Sc2nncs2)c(Cl)c1. The van der Waals surface area contributed by atoms with Crippen LogP contribution in [0.5, 0.6) is 0 Å². The first-order valence-electron chi connectivity index (χ1n) is 8.11. The Morgan fingerprint density at radius 3 is 2.96 bits per heavy atom. The number of carbonyl (C=O) groups is 1. The Morgan fingerprint density at radius 2 is 2.25 bits per heavy atom. The summed E-state index contributed by atoms with van der Waals surface area (Å²) in [6.45, 7) is 1.81. The van der Waals surface area contributed by atoms with E-state index in [0.717, 1.165) is 14.8 Å². The normalized spacial score (nSPS) is 10.9. The average molecular weight is 449 g/mol. The molecule has 0 aliphatic carbocycles. The molecule has 0 radical (unpaired) electrons. The molecule has 4 aromatic rings. The molecule has 0 saturated heterocycles. The second-order valence-corrected chi connectivity index (χ2v) is 9.02. The number of carbonyl (C=O) groups excluding carboxylic acids is 1. The molecule has 4 rings (SSSR count). The van der Waals surface area contributed by atoms with Gasteiger partial charge in [0.05, 0.1) is 17.1 Å². The fourth-order valence-corrected chi connectivity index (χ4v) is 4.79. The molecule has 0 aliphatic rings. The number of rotatable bonds is 6. The van der Waals surface area contributed by atoms with Crippen molar-refractivity contribution in [3.63, 3.8) is 0 Å². The number of aryl methyl sites for hydroxylation is 1.